The fourth-order valence-corrected chi connectivity index (χ4v) is 2.38. The molecule has 3 N–H and O–H groups in total. The first-order chi connectivity index (χ1) is 9.43. The Bertz CT molecular complexity index is 333. The van der Waals surface area contributed by atoms with Gasteiger partial charge in [-0.3, -0.25) is 4.79 Å². The van der Waals surface area contributed by atoms with Crippen LogP contribution >= 0.6 is 0 Å². The number of urea groups is 1. The fourth-order valence-electron chi connectivity index (χ4n) is 2.38. The number of ether oxygens (including phenoxy) is 1. The maximum absolute atomic E-state index is 11.9. The lowest BCUT2D eigenvalue weighted by atomic mass is 10.1. The molecule has 0 heterocycles. The van der Waals surface area contributed by atoms with Crippen LogP contribution in [0.15, 0.2) is 0 Å². The highest BCUT2D eigenvalue weighted by Gasteiger charge is 2.30. The van der Waals surface area contributed by atoms with E-state index >= 15 is 0 Å². The lowest BCUT2D eigenvalue weighted by Gasteiger charge is -2.23. The summed E-state index contributed by atoms with van der Waals surface area (Å²) in [6.07, 6.45) is 1.87. The van der Waals surface area contributed by atoms with E-state index in [1.165, 1.54) is 0 Å². The summed E-state index contributed by atoms with van der Waals surface area (Å²) in [5.41, 5.74) is 0. The molecule has 1 fully saturated rings. The van der Waals surface area contributed by atoms with Gasteiger partial charge in [-0.1, -0.05) is 13.8 Å². The number of nitrogens with one attached hydrogen (secondary N) is 2. The van der Waals surface area contributed by atoms with Crippen molar-refractivity contribution >= 4 is 12.0 Å². The molecular weight excluding hydrogens is 260 g/mol. The highest BCUT2D eigenvalue weighted by atomic mass is 16.5. The summed E-state index contributed by atoms with van der Waals surface area (Å²) in [4.78, 5) is 22.8. The second kappa shape index (κ2) is 8.09. The quantitative estimate of drug-likeness (QED) is 0.663. The second-order valence-corrected chi connectivity index (χ2v) is 5.67. The number of hydrogen-bond donors (Lipinski definition) is 3. The molecule has 0 aliphatic heterocycles. The normalized spacial score (nSPS) is 23.6. The van der Waals surface area contributed by atoms with Gasteiger partial charge in [0.2, 0.25) is 0 Å². The maximum atomic E-state index is 11.9. The molecule has 6 heteroatoms. The Kier molecular flexibility index (Phi) is 6.78. The van der Waals surface area contributed by atoms with Crippen molar-refractivity contribution in [1.82, 2.24) is 10.6 Å². The third-order valence-corrected chi connectivity index (χ3v) is 3.74. The molecule has 0 bridgehead atoms. The molecule has 2 amide bonds. The SMILES string of the molecule is CCOCC(NC(=O)NC1CCC(C(=O)O)C1)C(C)C. The molecule has 0 aromatic rings. The van der Waals surface area contributed by atoms with Crippen molar-refractivity contribution in [2.24, 2.45) is 11.8 Å². The predicted octanol–water partition coefficient (Wildman–Crippen LogP) is 1.60. The van der Waals surface area contributed by atoms with Crippen LogP contribution in [-0.4, -0.2) is 42.4 Å². The number of rotatable bonds is 7. The molecule has 6 nitrogen and oxygen atoms in total. The van der Waals surface area contributed by atoms with E-state index in [4.69, 9.17) is 9.84 Å². The molecule has 1 saturated carbocycles. The zero-order valence-electron chi connectivity index (χ0n) is 12.5. The molecule has 0 aromatic carbocycles. The van der Waals surface area contributed by atoms with E-state index in [1.807, 2.05) is 20.8 Å². The molecular formula is C14H26N2O4. The highest BCUT2D eigenvalue weighted by Crippen LogP contribution is 2.25. The van der Waals surface area contributed by atoms with E-state index in [0.717, 1.165) is 6.42 Å². The lowest BCUT2D eigenvalue weighted by molar-refractivity contribution is -0.141. The van der Waals surface area contributed by atoms with Gasteiger partial charge in [0.05, 0.1) is 18.6 Å². The van der Waals surface area contributed by atoms with Gasteiger partial charge in [-0.05, 0) is 32.1 Å². The number of hydrogen-bond acceptors (Lipinski definition) is 3. The van der Waals surface area contributed by atoms with Gasteiger partial charge in [0.1, 0.15) is 0 Å². The summed E-state index contributed by atoms with van der Waals surface area (Å²) in [7, 11) is 0. The minimum atomic E-state index is -0.772. The number of carboxylic acid groups (broad SMARTS) is 1. The van der Waals surface area contributed by atoms with Gasteiger partial charge in [0, 0.05) is 12.6 Å². The van der Waals surface area contributed by atoms with Gasteiger partial charge >= 0.3 is 12.0 Å². The lowest BCUT2D eigenvalue weighted by Crippen LogP contribution is -2.49. The van der Waals surface area contributed by atoms with Crippen molar-refractivity contribution in [3.63, 3.8) is 0 Å². The first kappa shape index (κ1) is 16.8. The molecule has 1 aliphatic rings. The highest BCUT2D eigenvalue weighted by molar-refractivity contribution is 5.75. The fraction of sp³-hybridized carbons (Fsp3) is 0.857. The number of amides is 2. The Labute approximate surface area is 120 Å². The number of aliphatic carboxylic acids is 1. The minimum Gasteiger partial charge on any atom is -0.481 e. The summed E-state index contributed by atoms with van der Waals surface area (Å²) in [6, 6.07) is -0.318. The molecule has 20 heavy (non-hydrogen) atoms. The van der Waals surface area contributed by atoms with Crippen LogP contribution in [0, 0.1) is 11.8 Å². The van der Waals surface area contributed by atoms with E-state index in [2.05, 4.69) is 10.6 Å². The molecule has 3 atom stereocenters. The zero-order chi connectivity index (χ0) is 15.1. The van der Waals surface area contributed by atoms with Crippen LogP contribution in [0.2, 0.25) is 0 Å². The van der Waals surface area contributed by atoms with Crippen LogP contribution in [0.4, 0.5) is 4.79 Å². The molecule has 3 unspecified atom stereocenters. The third-order valence-electron chi connectivity index (χ3n) is 3.74. The zero-order valence-corrected chi connectivity index (χ0v) is 12.5. The van der Waals surface area contributed by atoms with Crippen molar-refractivity contribution in [3.8, 4) is 0 Å². The van der Waals surface area contributed by atoms with Crippen LogP contribution in [0.3, 0.4) is 0 Å². The van der Waals surface area contributed by atoms with Crippen molar-refractivity contribution < 1.29 is 19.4 Å². The van der Waals surface area contributed by atoms with E-state index < -0.39 is 5.97 Å². The molecule has 0 saturated heterocycles. The summed E-state index contributed by atoms with van der Waals surface area (Å²) < 4.78 is 5.36. The van der Waals surface area contributed by atoms with Crippen LogP contribution in [0.5, 0.6) is 0 Å². The van der Waals surface area contributed by atoms with Gasteiger partial charge in [0.15, 0.2) is 0 Å². The number of carbonyl (C=O) groups is 2. The topological polar surface area (TPSA) is 87.7 Å². The molecule has 1 rings (SSSR count). The van der Waals surface area contributed by atoms with Crippen LogP contribution in [0.25, 0.3) is 0 Å². The van der Waals surface area contributed by atoms with Crippen LogP contribution in [0.1, 0.15) is 40.0 Å². The summed E-state index contributed by atoms with van der Waals surface area (Å²) in [6.45, 7) is 7.08. The average molecular weight is 286 g/mol. The third kappa shape index (κ3) is 5.36. The smallest absolute Gasteiger partial charge is 0.315 e. The van der Waals surface area contributed by atoms with Crippen molar-refractivity contribution in [2.75, 3.05) is 13.2 Å². The van der Waals surface area contributed by atoms with Crippen LogP contribution < -0.4 is 10.6 Å². The van der Waals surface area contributed by atoms with Gasteiger partial charge < -0.3 is 20.5 Å². The Hall–Kier alpha value is -1.30. The molecule has 116 valence electrons. The van der Waals surface area contributed by atoms with Crippen LogP contribution in [-0.2, 0) is 9.53 Å². The summed E-state index contributed by atoms with van der Waals surface area (Å²) >= 11 is 0. The second-order valence-electron chi connectivity index (χ2n) is 5.67. The van der Waals surface area contributed by atoms with E-state index in [9.17, 15) is 9.59 Å². The van der Waals surface area contributed by atoms with Gasteiger partial charge in [-0.25, -0.2) is 4.79 Å². The molecule has 0 spiro atoms. The Morgan fingerprint density at radius 3 is 2.55 bits per heavy atom. The summed E-state index contributed by atoms with van der Waals surface area (Å²) in [5, 5.41) is 14.7. The predicted molar refractivity (Wildman–Crippen MR) is 75.6 cm³/mol. The number of carboxylic acids is 1. The van der Waals surface area contributed by atoms with Gasteiger partial charge in [0.25, 0.3) is 0 Å². The largest absolute Gasteiger partial charge is 0.481 e. The molecule has 0 aromatic heterocycles. The van der Waals surface area contributed by atoms with E-state index in [0.29, 0.717) is 26.1 Å². The Morgan fingerprint density at radius 2 is 2.05 bits per heavy atom. The Morgan fingerprint density at radius 1 is 1.35 bits per heavy atom. The standard InChI is InChI=1S/C14H26N2O4/c1-4-20-8-12(9(2)3)16-14(19)15-11-6-5-10(7-11)13(17)18/h9-12H,4-8H2,1-3H3,(H,17,18)(H2,15,16,19). The average Bonchev–Trinajstić information content (AvgIpc) is 2.82. The molecule has 1 aliphatic carbocycles. The Balaban J connectivity index is 2.36. The van der Waals surface area contributed by atoms with Crippen molar-refractivity contribution in [2.45, 2.75) is 52.1 Å². The monoisotopic (exact) mass is 286 g/mol. The molecule has 0 radical (unpaired) electrons. The van der Waals surface area contributed by atoms with Crippen molar-refractivity contribution in [1.29, 1.82) is 0 Å². The van der Waals surface area contributed by atoms with Gasteiger partial charge in [-0.15, -0.1) is 0 Å². The van der Waals surface area contributed by atoms with Gasteiger partial charge in [-0.2, -0.15) is 0 Å². The van der Waals surface area contributed by atoms with E-state index in [1.54, 1.807) is 0 Å². The minimum absolute atomic E-state index is 0.0355. The van der Waals surface area contributed by atoms with Crippen molar-refractivity contribution in [3.05, 3.63) is 0 Å². The summed E-state index contributed by atoms with van der Waals surface area (Å²) in [5.74, 6) is -0.821. The number of carbonyl (C=O) groups excluding carboxylic acids is 1. The first-order valence-corrected chi connectivity index (χ1v) is 7.31. The maximum Gasteiger partial charge on any atom is 0.315 e. The first-order valence-electron chi connectivity index (χ1n) is 7.31. The van der Waals surface area contributed by atoms with E-state index in [-0.39, 0.29) is 30.0 Å².